The van der Waals surface area contributed by atoms with Gasteiger partial charge in [-0.25, -0.2) is 4.68 Å². The van der Waals surface area contributed by atoms with Crippen molar-refractivity contribution in [2.75, 3.05) is 11.9 Å². The van der Waals surface area contributed by atoms with Crippen LogP contribution in [0.2, 0.25) is 0 Å². The lowest BCUT2D eigenvalue weighted by Gasteiger charge is -1.98. The summed E-state index contributed by atoms with van der Waals surface area (Å²) in [6, 6.07) is 3.09. The van der Waals surface area contributed by atoms with E-state index < -0.39 is 0 Å². The summed E-state index contributed by atoms with van der Waals surface area (Å²) >= 11 is 1.43. The number of hydrogen-bond acceptors (Lipinski definition) is 6. The normalized spacial score (nSPS) is 10.3. The maximum absolute atomic E-state index is 11.4. The minimum atomic E-state index is -0.136. The predicted octanol–water partition coefficient (Wildman–Crippen LogP) is 0.575. The van der Waals surface area contributed by atoms with E-state index >= 15 is 0 Å². The van der Waals surface area contributed by atoms with Gasteiger partial charge in [0.25, 0.3) is 5.56 Å². The van der Waals surface area contributed by atoms with E-state index in [1.54, 1.807) is 12.3 Å². The molecule has 0 aliphatic heterocycles. The first-order chi connectivity index (χ1) is 7.79. The summed E-state index contributed by atoms with van der Waals surface area (Å²) in [5.74, 6) is 0. The Hall–Kier alpha value is -1.76. The van der Waals surface area contributed by atoms with E-state index in [1.807, 2.05) is 6.92 Å². The van der Waals surface area contributed by atoms with E-state index in [-0.39, 0.29) is 5.56 Å². The molecule has 2 aromatic rings. The van der Waals surface area contributed by atoms with E-state index in [1.165, 1.54) is 22.1 Å². The number of hydrogen-bond donors (Lipinski definition) is 1. The monoisotopic (exact) mass is 237 g/mol. The van der Waals surface area contributed by atoms with Crippen LogP contribution in [0.25, 0.3) is 0 Å². The van der Waals surface area contributed by atoms with Crippen LogP contribution in [0.5, 0.6) is 0 Å². The molecule has 2 rings (SSSR count). The Morgan fingerprint density at radius 2 is 2.38 bits per heavy atom. The van der Waals surface area contributed by atoms with Crippen LogP contribution >= 0.6 is 11.3 Å². The largest absolute Gasteiger partial charge is 0.360 e. The maximum Gasteiger partial charge on any atom is 0.267 e. The van der Waals surface area contributed by atoms with E-state index in [2.05, 4.69) is 20.6 Å². The lowest BCUT2D eigenvalue weighted by atomic mass is 10.5. The summed E-state index contributed by atoms with van der Waals surface area (Å²) < 4.78 is 1.36. The summed E-state index contributed by atoms with van der Waals surface area (Å²) in [7, 11) is 0. The first kappa shape index (κ1) is 10.7. The second-order valence-electron chi connectivity index (χ2n) is 3.05. The van der Waals surface area contributed by atoms with Crippen LogP contribution in [-0.2, 0) is 6.54 Å². The predicted molar refractivity (Wildman–Crippen MR) is 61.7 cm³/mol. The highest BCUT2D eigenvalue weighted by Crippen LogP contribution is 2.14. The highest BCUT2D eigenvalue weighted by Gasteiger charge is 2.05. The Morgan fingerprint density at radius 3 is 3.12 bits per heavy atom. The van der Waals surface area contributed by atoms with Gasteiger partial charge in [0.05, 0.1) is 6.54 Å². The Morgan fingerprint density at radius 1 is 1.50 bits per heavy atom. The molecule has 0 aromatic carbocycles. The van der Waals surface area contributed by atoms with Gasteiger partial charge in [-0.15, -0.1) is 10.2 Å². The van der Waals surface area contributed by atoms with E-state index in [9.17, 15) is 4.79 Å². The van der Waals surface area contributed by atoms with Crippen LogP contribution in [0.4, 0.5) is 5.13 Å². The van der Waals surface area contributed by atoms with Crippen molar-refractivity contribution in [2.24, 2.45) is 0 Å². The topological polar surface area (TPSA) is 72.7 Å². The lowest BCUT2D eigenvalue weighted by molar-refractivity contribution is 0.632. The fraction of sp³-hybridized carbons (Fsp3) is 0.333. The van der Waals surface area contributed by atoms with Crippen molar-refractivity contribution in [3.63, 3.8) is 0 Å². The van der Waals surface area contributed by atoms with Gasteiger partial charge < -0.3 is 5.32 Å². The summed E-state index contributed by atoms with van der Waals surface area (Å²) in [4.78, 5) is 11.4. The molecule has 0 amide bonds. The Kier molecular flexibility index (Phi) is 3.25. The van der Waals surface area contributed by atoms with Crippen LogP contribution in [0.1, 0.15) is 11.9 Å². The van der Waals surface area contributed by atoms with Gasteiger partial charge >= 0.3 is 0 Å². The van der Waals surface area contributed by atoms with Crippen molar-refractivity contribution in [2.45, 2.75) is 13.5 Å². The zero-order chi connectivity index (χ0) is 11.4. The quantitative estimate of drug-likeness (QED) is 0.841. The van der Waals surface area contributed by atoms with Crippen molar-refractivity contribution in [3.05, 3.63) is 33.7 Å². The Bertz CT molecular complexity index is 520. The minimum Gasteiger partial charge on any atom is -0.360 e. The van der Waals surface area contributed by atoms with Gasteiger partial charge in [0.15, 0.2) is 0 Å². The van der Waals surface area contributed by atoms with E-state index in [4.69, 9.17) is 0 Å². The molecule has 0 fully saturated rings. The number of aromatic nitrogens is 4. The zero-order valence-corrected chi connectivity index (χ0v) is 9.57. The Labute approximate surface area is 96.0 Å². The fourth-order valence-corrected chi connectivity index (χ4v) is 1.96. The second-order valence-corrected chi connectivity index (χ2v) is 4.11. The molecule has 2 heterocycles. The van der Waals surface area contributed by atoms with Crippen LogP contribution < -0.4 is 10.9 Å². The Balaban J connectivity index is 2.15. The van der Waals surface area contributed by atoms with Gasteiger partial charge in [-0.3, -0.25) is 4.79 Å². The fourth-order valence-electron chi connectivity index (χ4n) is 1.17. The molecule has 0 saturated heterocycles. The SMILES string of the molecule is CCNc1nnc(Cn2ncccc2=O)s1. The first-order valence-electron chi connectivity index (χ1n) is 4.88. The molecule has 0 saturated carbocycles. The van der Waals surface area contributed by atoms with Crippen molar-refractivity contribution < 1.29 is 0 Å². The smallest absolute Gasteiger partial charge is 0.267 e. The molecule has 6 nitrogen and oxygen atoms in total. The average molecular weight is 237 g/mol. The van der Waals surface area contributed by atoms with Gasteiger partial charge in [0.1, 0.15) is 5.01 Å². The molecule has 16 heavy (non-hydrogen) atoms. The molecule has 0 radical (unpaired) electrons. The molecule has 7 heteroatoms. The zero-order valence-electron chi connectivity index (χ0n) is 8.75. The molecule has 0 unspecified atom stereocenters. The second kappa shape index (κ2) is 4.84. The highest BCUT2D eigenvalue weighted by atomic mass is 32.1. The molecule has 0 spiro atoms. The molecule has 2 aromatic heterocycles. The average Bonchev–Trinajstić information content (AvgIpc) is 2.70. The van der Waals surface area contributed by atoms with Gasteiger partial charge in [-0.2, -0.15) is 5.10 Å². The molecule has 84 valence electrons. The number of anilines is 1. The van der Waals surface area contributed by atoms with Gasteiger partial charge in [-0.1, -0.05) is 11.3 Å². The molecule has 0 atom stereocenters. The van der Waals surface area contributed by atoms with Crippen molar-refractivity contribution in [1.29, 1.82) is 0 Å². The number of nitrogens with one attached hydrogen (secondary N) is 1. The van der Waals surface area contributed by atoms with Gasteiger partial charge in [-0.05, 0) is 13.0 Å². The first-order valence-corrected chi connectivity index (χ1v) is 5.69. The summed E-state index contributed by atoms with van der Waals surface area (Å²) in [6.07, 6.45) is 1.58. The van der Waals surface area contributed by atoms with Crippen molar-refractivity contribution >= 4 is 16.5 Å². The molecule has 0 bridgehead atoms. The molecule has 0 aliphatic rings. The summed E-state index contributed by atoms with van der Waals surface area (Å²) in [5.41, 5.74) is -0.136. The number of rotatable bonds is 4. The van der Waals surface area contributed by atoms with Crippen molar-refractivity contribution in [1.82, 2.24) is 20.0 Å². The van der Waals surface area contributed by atoms with Crippen LogP contribution in [-0.4, -0.2) is 26.5 Å². The van der Waals surface area contributed by atoms with Crippen LogP contribution in [0.15, 0.2) is 23.1 Å². The van der Waals surface area contributed by atoms with Crippen molar-refractivity contribution in [3.8, 4) is 0 Å². The van der Waals surface area contributed by atoms with Crippen LogP contribution in [0, 0.1) is 0 Å². The molecule has 1 N–H and O–H groups in total. The van der Waals surface area contributed by atoms with E-state index in [0.717, 1.165) is 16.7 Å². The van der Waals surface area contributed by atoms with Crippen LogP contribution in [0.3, 0.4) is 0 Å². The molecular weight excluding hydrogens is 226 g/mol. The summed E-state index contributed by atoms with van der Waals surface area (Å²) in [6.45, 7) is 3.16. The maximum atomic E-state index is 11.4. The number of nitrogens with zero attached hydrogens (tertiary/aromatic N) is 4. The van der Waals surface area contributed by atoms with Gasteiger partial charge in [0.2, 0.25) is 5.13 Å². The highest BCUT2D eigenvalue weighted by molar-refractivity contribution is 7.15. The third-order valence-electron chi connectivity index (χ3n) is 1.87. The van der Waals surface area contributed by atoms with E-state index in [0.29, 0.717) is 6.54 Å². The van der Waals surface area contributed by atoms with Gasteiger partial charge in [0, 0.05) is 18.8 Å². The third-order valence-corrected chi connectivity index (χ3v) is 2.73. The molecule has 0 aliphatic carbocycles. The third kappa shape index (κ3) is 2.43. The summed E-state index contributed by atoms with van der Waals surface area (Å²) in [5, 5.41) is 16.5. The standard InChI is InChI=1S/C9H11N5OS/c1-2-10-9-13-12-7(16-9)6-14-8(15)4-3-5-11-14/h3-5H,2,6H2,1H3,(H,10,13). The lowest BCUT2D eigenvalue weighted by Crippen LogP contribution is -2.21. The minimum absolute atomic E-state index is 0.136. The molecular formula is C9H11N5OS.